The number of aromatic nitrogens is 1. The maximum Gasteiger partial charge on any atom is 0.255 e. The van der Waals surface area contributed by atoms with Crippen molar-refractivity contribution in [3.63, 3.8) is 0 Å². The molecule has 5 nitrogen and oxygen atoms in total. The molecule has 0 aromatic carbocycles. The van der Waals surface area contributed by atoms with Crippen LogP contribution in [0.15, 0.2) is 0 Å². The van der Waals surface area contributed by atoms with Gasteiger partial charge in [0.15, 0.2) is 5.78 Å². The number of hydrogen-bond acceptors (Lipinski definition) is 3. The first-order valence-electron chi connectivity index (χ1n) is 9.93. The van der Waals surface area contributed by atoms with Crippen LogP contribution in [0.3, 0.4) is 0 Å². The third kappa shape index (κ3) is 3.14. The molecule has 136 valence electrons. The van der Waals surface area contributed by atoms with Gasteiger partial charge in [-0.1, -0.05) is 6.42 Å². The Kier molecular flexibility index (Phi) is 4.67. The van der Waals surface area contributed by atoms with Gasteiger partial charge in [0.25, 0.3) is 5.91 Å². The molecule has 25 heavy (non-hydrogen) atoms. The summed E-state index contributed by atoms with van der Waals surface area (Å²) in [5, 5.41) is 0. The second-order valence-corrected chi connectivity index (χ2v) is 7.88. The number of nitrogens with zero attached hydrogens (tertiary/aromatic N) is 2. The van der Waals surface area contributed by atoms with E-state index in [0.717, 1.165) is 55.6 Å². The average Bonchev–Trinajstić information content (AvgIpc) is 2.99. The van der Waals surface area contributed by atoms with E-state index in [2.05, 4.69) is 9.88 Å². The van der Waals surface area contributed by atoms with E-state index in [1.165, 1.54) is 32.4 Å². The van der Waals surface area contributed by atoms with Crippen molar-refractivity contribution in [2.75, 3.05) is 26.2 Å². The van der Waals surface area contributed by atoms with Crippen LogP contribution >= 0.6 is 0 Å². The Hall–Kier alpha value is -1.62. The largest absolute Gasteiger partial charge is 0.355 e. The van der Waals surface area contributed by atoms with E-state index in [-0.39, 0.29) is 11.7 Å². The summed E-state index contributed by atoms with van der Waals surface area (Å²) in [5.74, 6) is 0.286. The molecule has 1 amide bonds. The minimum Gasteiger partial charge on any atom is -0.355 e. The van der Waals surface area contributed by atoms with Crippen molar-refractivity contribution in [1.29, 1.82) is 0 Å². The summed E-state index contributed by atoms with van der Waals surface area (Å²) in [6, 6.07) is 0.646. The molecule has 2 aliphatic heterocycles. The van der Waals surface area contributed by atoms with Gasteiger partial charge in [-0.15, -0.1) is 0 Å². The normalized spacial score (nSPS) is 22.9. The Morgan fingerprint density at radius 2 is 1.72 bits per heavy atom. The summed E-state index contributed by atoms with van der Waals surface area (Å²) in [4.78, 5) is 33.1. The number of nitrogens with one attached hydrogen (secondary N) is 1. The van der Waals surface area contributed by atoms with Crippen LogP contribution in [0.5, 0.6) is 0 Å². The monoisotopic (exact) mass is 343 g/mol. The summed E-state index contributed by atoms with van der Waals surface area (Å²) < 4.78 is 0. The molecule has 3 heterocycles. The summed E-state index contributed by atoms with van der Waals surface area (Å²) in [6.07, 6.45) is 8.47. The van der Waals surface area contributed by atoms with E-state index in [0.29, 0.717) is 18.2 Å². The Labute approximate surface area is 149 Å². The summed E-state index contributed by atoms with van der Waals surface area (Å²) in [6.45, 7) is 6.07. The highest BCUT2D eigenvalue weighted by molar-refractivity contribution is 6.04. The van der Waals surface area contributed by atoms with Gasteiger partial charge < -0.3 is 14.8 Å². The lowest BCUT2D eigenvalue weighted by atomic mass is 9.92. The number of aromatic amines is 1. The molecule has 3 aliphatic rings. The number of rotatable bonds is 2. The van der Waals surface area contributed by atoms with Crippen LogP contribution in [0, 0.1) is 6.92 Å². The fourth-order valence-corrected chi connectivity index (χ4v) is 4.88. The molecule has 0 saturated carbocycles. The molecular formula is C20H29N3O2. The van der Waals surface area contributed by atoms with Gasteiger partial charge in [0.2, 0.25) is 0 Å². The van der Waals surface area contributed by atoms with E-state index in [9.17, 15) is 9.59 Å². The van der Waals surface area contributed by atoms with Crippen LogP contribution in [-0.4, -0.2) is 58.7 Å². The third-order valence-electron chi connectivity index (χ3n) is 6.27. The molecule has 0 radical (unpaired) electrons. The average molecular weight is 343 g/mol. The van der Waals surface area contributed by atoms with Crippen molar-refractivity contribution >= 4 is 11.7 Å². The highest BCUT2D eigenvalue weighted by Gasteiger charge is 2.32. The second kappa shape index (κ2) is 6.94. The predicted molar refractivity (Wildman–Crippen MR) is 97.1 cm³/mol. The van der Waals surface area contributed by atoms with Crippen molar-refractivity contribution in [2.24, 2.45) is 0 Å². The molecule has 0 bridgehead atoms. The third-order valence-corrected chi connectivity index (χ3v) is 6.27. The smallest absolute Gasteiger partial charge is 0.255 e. The fourth-order valence-electron chi connectivity index (χ4n) is 4.88. The van der Waals surface area contributed by atoms with E-state index in [1.807, 2.05) is 11.8 Å². The Balaban J connectivity index is 1.45. The predicted octanol–water partition coefficient (Wildman–Crippen LogP) is 2.93. The number of ketones is 1. The Bertz CT molecular complexity index is 665. The van der Waals surface area contributed by atoms with Crippen LogP contribution in [0.1, 0.15) is 77.0 Å². The summed E-state index contributed by atoms with van der Waals surface area (Å²) in [5.41, 5.74) is 3.30. The van der Waals surface area contributed by atoms with Crippen LogP contribution < -0.4 is 0 Å². The van der Waals surface area contributed by atoms with Gasteiger partial charge in [-0.3, -0.25) is 9.59 Å². The molecule has 1 aliphatic carbocycles. The van der Waals surface area contributed by atoms with Crippen molar-refractivity contribution < 1.29 is 9.59 Å². The van der Waals surface area contributed by atoms with Crippen LogP contribution in [-0.2, 0) is 6.42 Å². The SMILES string of the molecule is Cc1[nH]c2c(c1C(=O)N1CCC(N3CCCCC3)CC1)CCCC2=O. The number of likely N-dealkylation sites (tertiary alicyclic amines) is 2. The quantitative estimate of drug-likeness (QED) is 0.898. The van der Waals surface area contributed by atoms with E-state index >= 15 is 0 Å². The minimum absolute atomic E-state index is 0.127. The van der Waals surface area contributed by atoms with Gasteiger partial charge >= 0.3 is 0 Å². The van der Waals surface area contributed by atoms with Gasteiger partial charge in [-0.2, -0.15) is 0 Å². The number of fused-ring (bicyclic) bond motifs is 1. The number of carbonyl (C=O) groups is 2. The number of aryl methyl sites for hydroxylation is 1. The highest BCUT2D eigenvalue weighted by atomic mass is 16.2. The maximum atomic E-state index is 13.1. The van der Waals surface area contributed by atoms with Crippen LogP contribution in [0.4, 0.5) is 0 Å². The minimum atomic E-state index is 0.127. The van der Waals surface area contributed by atoms with Gasteiger partial charge in [-0.25, -0.2) is 0 Å². The first-order valence-corrected chi connectivity index (χ1v) is 9.93. The number of H-pyrrole nitrogens is 1. The number of Topliss-reactive ketones (excluding diaryl/α,β-unsaturated/α-hetero) is 1. The Morgan fingerprint density at radius 3 is 2.44 bits per heavy atom. The molecule has 0 spiro atoms. The molecule has 1 N–H and O–H groups in total. The molecular weight excluding hydrogens is 314 g/mol. The van der Waals surface area contributed by atoms with Crippen molar-refractivity contribution in [1.82, 2.24) is 14.8 Å². The zero-order valence-corrected chi connectivity index (χ0v) is 15.3. The molecule has 4 rings (SSSR count). The lowest BCUT2D eigenvalue weighted by Gasteiger charge is -2.40. The van der Waals surface area contributed by atoms with Crippen LogP contribution in [0.2, 0.25) is 0 Å². The first-order chi connectivity index (χ1) is 12.1. The summed E-state index contributed by atoms with van der Waals surface area (Å²) >= 11 is 0. The van der Waals surface area contributed by atoms with Gasteiger partial charge in [-0.05, 0) is 64.1 Å². The standard InChI is InChI=1S/C20H29N3O2/c1-14-18(16-6-5-7-17(24)19(16)21-14)20(25)23-12-8-15(9-13-23)22-10-3-2-4-11-22/h15,21H,2-13H2,1H3. The van der Waals surface area contributed by atoms with Gasteiger partial charge in [0.1, 0.15) is 0 Å². The Morgan fingerprint density at radius 1 is 1.00 bits per heavy atom. The summed E-state index contributed by atoms with van der Waals surface area (Å²) in [7, 11) is 0. The van der Waals surface area contributed by atoms with Crippen molar-refractivity contribution in [3.05, 3.63) is 22.5 Å². The topological polar surface area (TPSA) is 56.4 Å². The van der Waals surface area contributed by atoms with E-state index in [4.69, 9.17) is 0 Å². The fraction of sp³-hybridized carbons (Fsp3) is 0.700. The van der Waals surface area contributed by atoms with Crippen molar-refractivity contribution in [2.45, 2.75) is 64.3 Å². The highest BCUT2D eigenvalue weighted by Crippen LogP contribution is 2.29. The van der Waals surface area contributed by atoms with E-state index in [1.54, 1.807) is 0 Å². The van der Waals surface area contributed by atoms with Crippen LogP contribution in [0.25, 0.3) is 0 Å². The molecule has 1 aromatic heterocycles. The number of hydrogen-bond donors (Lipinski definition) is 1. The molecule has 0 unspecified atom stereocenters. The number of carbonyl (C=O) groups excluding carboxylic acids is 2. The zero-order valence-electron chi connectivity index (χ0n) is 15.3. The molecule has 0 atom stereocenters. The number of amides is 1. The molecule has 1 aromatic rings. The van der Waals surface area contributed by atoms with E-state index < -0.39 is 0 Å². The maximum absolute atomic E-state index is 13.1. The lowest BCUT2D eigenvalue weighted by Crippen LogP contribution is -2.48. The van der Waals surface area contributed by atoms with Gasteiger partial charge in [0.05, 0.1) is 11.3 Å². The first kappa shape index (κ1) is 16.8. The lowest BCUT2D eigenvalue weighted by molar-refractivity contribution is 0.0588. The number of piperidine rings is 2. The molecule has 2 fully saturated rings. The molecule has 5 heteroatoms. The zero-order chi connectivity index (χ0) is 17.4. The van der Waals surface area contributed by atoms with Crippen molar-refractivity contribution in [3.8, 4) is 0 Å². The molecule has 2 saturated heterocycles. The van der Waals surface area contributed by atoms with Gasteiger partial charge in [0, 0.05) is 31.2 Å². The second-order valence-electron chi connectivity index (χ2n) is 7.88.